The van der Waals surface area contributed by atoms with E-state index >= 15 is 0 Å². The van der Waals surface area contributed by atoms with Crippen molar-refractivity contribution in [3.05, 3.63) is 22.2 Å². The van der Waals surface area contributed by atoms with Crippen molar-refractivity contribution in [1.82, 2.24) is 9.97 Å². The van der Waals surface area contributed by atoms with Gasteiger partial charge in [0.05, 0.1) is 0 Å². The third-order valence-corrected chi connectivity index (χ3v) is 4.11. The first-order valence-electron chi connectivity index (χ1n) is 7.68. The monoisotopic (exact) mass is 278 g/mol. The van der Waals surface area contributed by atoms with Crippen LogP contribution in [-0.4, -0.2) is 22.6 Å². The average Bonchev–Trinajstić information content (AvgIpc) is 2.45. The zero-order valence-electron chi connectivity index (χ0n) is 12.5. The Hall–Kier alpha value is -1.36. The van der Waals surface area contributed by atoms with Crippen LogP contribution in [0.15, 0.2) is 10.9 Å². The van der Waals surface area contributed by atoms with Crippen LogP contribution in [0.1, 0.15) is 57.7 Å². The number of hydrogen-bond acceptors (Lipinski definition) is 4. The van der Waals surface area contributed by atoms with Crippen LogP contribution in [0, 0.1) is 5.92 Å². The molecule has 0 saturated heterocycles. The van der Waals surface area contributed by atoms with Crippen LogP contribution in [0.25, 0.3) is 0 Å². The van der Waals surface area contributed by atoms with Crippen molar-refractivity contribution < 1.29 is 0 Å². The van der Waals surface area contributed by atoms with E-state index in [1.54, 1.807) is 0 Å². The summed E-state index contributed by atoms with van der Waals surface area (Å²) >= 11 is 0. The largest absolute Gasteiger partial charge is 0.366 e. The fraction of sp³-hybridized carbons (Fsp3) is 0.733. The summed E-state index contributed by atoms with van der Waals surface area (Å²) in [6.45, 7) is 4.61. The van der Waals surface area contributed by atoms with Gasteiger partial charge in [0.2, 0.25) is 0 Å². The summed E-state index contributed by atoms with van der Waals surface area (Å²) in [5.74, 6) is 2.17. The lowest BCUT2D eigenvalue weighted by Crippen LogP contribution is -2.38. The van der Waals surface area contributed by atoms with Gasteiger partial charge in [-0.3, -0.25) is 4.79 Å². The number of nitrogens with zero attached hydrogens (tertiary/aromatic N) is 1. The van der Waals surface area contributed by atoms with Gasteiger partial charge in [0, 0.05) is 24.6 Å². The molecule has 0 bridgehead atoms. The Bertz CT molecular complexity index is 477. The van der Waals surface area contributed by atoms with Crippen molar-refractivity contribution in [2.75, 3.05) is 11.9 Å². The molecule has 112 valence electrons. The van der Waals surface area contributed by atoms with Crippen molar-refractivity contribution >= 4 is 5.82 Å². The van der Waals surface area contributed by atoms with Crippen LogP contribution in [0.3, 0.4) is 0 Å². The normalized spacial score (nSPS) is 18.2. The lowest BCUT2D eigenvalue weighted by Gasteiger charge is -2.30. The highest BCUT2D eigenvalue weighted by Gasteiger charge is 2.23. The Morgan fingerprint density at radius 1 is 1.40 bits per heavy atom. The molecule has 5 heteroatoms. The van der Waals surface area contributed by atoms with Gasteiger partial charge in [-0.2, -0.15) is 0 Å². The van der Waals surface area contributed by atoms with Crippen LogP contribution in [0.5, 0.6) is 0 Å². The van der Waals surface area contributed by atoms with Gasteiger partial charge >= 0.3 is 0 Å². The van der Waals surface area contributed by atoms with Crippen LogP contribution in [0.4, 0.5) is 5.82 Å². The molecule has 1 aliphatic rings. The van der Waals surface area contributed by atoms with E-state index in [-0.39, 0.29) is 17.5 Å². The molecule has 1 saturated carbocycles. The zero-order valence-corrected chi connectivity index (χ0v) is 12.5. The second-order valence-electron chi connectivity index (χ2n) is 6.06. The minimum Gasteiger partial charge on any atom is -0.366 e. The molecule has 2 rings (SSSR count). The van der Waals surface area contributed by atoms with Gasteiger partial charge in [0.25, 0.3) is 5.56 Å². The Morgan fingerprint density at radius 3 is 2.70 bits per heavy atom. The standard InChI is InChI=1S/C15H26N4O/c1-10(2)15-18-13(8-14(20)19-15)17-12(9-16)11-6-4-3-5-7-11/h8,10-12H,3-7,9,16H2,1-2H3,(H2,17,18,19,20). The molecule has 4 N–H and O–H groups in total. The number of rotatable bonds is 5. The van der Waals surface area contributed by atoms with Crippen molar-refractivity contribution in [2.24, 2.45) is 11.7 Å². The predicted molar refractivity (Wildman–Crippen MR) is 82.0 cm³/mol. The first-order valence-corrected chi connectivity index (χ1v) is 7.68. The van der Waals surface area contributed by atoms with Gasteiger partial charge in [-0.05, 0) is 18.8 Å². The molecule has 1 atom stereocenters. The van der Waals surface area contributed by atoms with Crippen molar-refractivity contribution in [2.45, 2.75) is 57.9 Å². The molecule has 1 aliphatic carbocycles. The second-order valence-corrected chi connectivity index (χ2v) is 6.06. The highest BCUT2D eigenvalue weighted by atomic mass is 16.1. The topological polar surface area (TPSA) is 83.8 Å². The van der Waals surface area contributed by atoms with Crippen LogP contribution in [0.2, 0.25) is 0 Å². The quantitative estimate of drug-likeness (QED) is 0.771. The Labute approximate surface area is 120 Å². The van der Waals surface area contributed by atoms with Gasteiger partial charge in [-0.1, -0.05) is 33.1 Å². The highest BCUT2D eigenvalue weighted by Crippen LogP contribution is 2.27. The van der Waals surface area contributed by atoms with Crippen molar-refractivity contribution in [3.63, 3.8) is 0 Å². The lowest BCUT2D eigenvalue weighted by atomic mass is 9.84. The third-order valence-electron chi connectivity index (χ3n) is 4.11. The molecule has 5 nitrogen and oxygen atoms in total. The summed E-state index contributed by atoms with van der Waals surface area (Å²) in [5.41, 5.74) is 5.81. The Morgan fingerprint density at radius 2 is 2.10 bits per heavy atom. The number of hydrogen-bond donors (Lipinski definition) is 3. The lowest BCUT2D eigenvalue weighted by molar-refractivity contribution is 0.320. The fourth-order valence-corrected chi connectivity index (χ4v) is 2.92. The van der Waals surface area contributed by atoms with Gasteiger partial charge in [-0.15, -0.1) is 0 Å². The fourth-order valence-electron chi connectivity index (χ4n) is 2.92. The smallest absolute Gasteiger partial charge is 0.252 e. The van der Waals surface area contributed by atoms with Crippen LogP contribution >= 0.6 is 0 Å². The molecular weight excluding hydrogens is 252 g/mol. The number of aromatic nitrogens is 2. The minimum atomic E-state index is -0.106. The number of nitrogens with one attached hydrogen (secondary N) is 2. The van der Waals surface area contributed by atoms with E-state index in [4.69, 9.17) is 5.73 Å². The van der Waals surface area contributed by atoms with E-state index in [0.717, 1.165) is 5.82 Å². The molecule has 0 aliphatic heterocycles. The van der Waals surface area contributed by atoms with E-state index in [1.165, 1.54) is 38.2 Å². The molecule has 1 heterocycles. The molecule has 1 aromatic rings. The van der Waals surface area contributed by atoms with E-state index < -0.39 is 0 Å². The van der Waals surface area contributed by atoms with Crippen molar-refractivity contribution in [3.8, 4) is 0 Å². The zero-order chi connectivity index (χ0) is 14.5. The Balaban J connectivity index is 2.12. The van der Waals surface area contributed by atoms with E-state index in [1.807, 2.05) is 13.8 Å². The van der Waals surface area contributed by atoms with E-state index in [0.29, 0.717) is 18.3 Å². The summed E-state index contributed by atoms with van der Waals surface area (Å²) in [6, 6.07) is 1.74. The first-order chi connectivity index (χ1) is 9.60. The number of nitrogens with two attached hydrogens (primary N) is 1. The molecule has 0 radical (unpaired) electrons. The number of H-pyrrole nitrogens is 1. The molecule has 20 heavy (non-hydrogen) atoms. The van der Waals surface area contributed by atoms with Gasteiger partial charge < -0.3 is 16.0 Å². The predicted octanol–water partition coefficient (Wildman–Crippen LogP) is 2.21. The molecular formula is C15H26N4O. The van der Waals surface area contributed by atoms with Gasteiger partial charge in [-0.25, -0.2) is 4.98 Å². The average molecular weight is 278 g/mol. The SMILES string of the molecule is CC(C)c1nc(NC(CN)C2CCCCC2)cc(=O)[nH]1. The molecule has 0 spiro atoms. The molecule has 1 unspecified atom stereocenters. The molecule has 0 aromatic carbocycles. The molecule has 1 fully saturated rings. The van der Waals surface area contributed by atoms with E-state index in [9.17, 15) is 4.79 Å². The molecule has 0 amide bonds. The van der Waals surface area contributed by atoms with Crippen molar-refractivity contribution in [1.29, 1.82) is 0 Å². The maximum atomic E-state index is 11.7. The number of anilines is 1. The first kappa shape index (κ1) is 15.0. The van der Waals surface area contributed by atoms with Crippen LogP contribution < -0.4 is 16.6 Å². The summed E-state index contributed by atoms with van der Waals surface area (Å²) in [5, 5.41) is 3.38. The number of aromatic amines is 1. The van der Waals surface area contributed by atoms with E-state index in [2.05, 4.69) is 15.3 Å². The third kappa shape index (κ3) is 3.82. The maximum Gasteiger partial charge on any atom is 0.252 e. The Kier molecular flexibility index (Phi) is 5.17. The summed E-state index contributed by atoms with van der Waals surface area (Å²) in [6.07, 6.45) is 6.32. The summed E-state index contributed by atoms with van der Waals surface area (Å²) < 4.78 is 0. The van der Waals surface area contributed by atoms with Gasteiger partial charge in [0.1, 0.15) is 11.6 Å². The maximum absolute atomic E-state index is 11.7. The second kappa shape index (κ2) is 6.88. The summed E-state index contributed by atoms with van der Waals surface area (Å²) in [7, 11) is 0. The summed E-state index contributed by atoms with van der Waals surface area (Å²) in [4.78, 5) is 19.0. The minimum absolute atomic E-state index is 0.106. The van der Waals surface area contributed by atoms with Gasteiger partial charge in [0.15, 0.2) is 0 Å². The highest BCUT2D eigenvalue weighted by molar-refractivity contribution is 5.35. The molecule has 1 aromatic heterocycles. The van der Waals surface area contributed by atoms with Crippen LogP contribution in [-0.2, 0) is 0 Å².